The summed E-state index contributed by atoms with van der Waals surface area (Å²) < 4.78 is 2.04. The molecule has 1 saturated carbocycles. The van der Waals surface area contributed by atoms with E-state index in [4.69, 9.17) is 0 Å². The zero-order valence-corrected chi connectivity index (χ0v) is 17.3. The summed E-state index contributed by atoms with van der Waals surface area (Å²) >= 11 is 0. The number of benzene rings is 1. The Balaban J connectivity index is 1.45. The van der Waals surface area contributed by atoms with E-state index < -0.39 is 0 Å². The first kappa shape index (κ1) is 19.5. The van der Waals surface area contributed by atoms with Crippen LogP contribution in [0, 0.1) is 0 Å². The molecule has 2 fully saturated rings. The lowest BCUT2D eigenvalue weighted by Crippen LogP contribution is -3.29. The summed E-state index contributed by atoms with van der Waals surface area (Å²) in [5, 5.41) is 12.9. The van der Waals surface area contributed by atoms with Gasteiger partial charge in [-0.05, 0) is 48.1 Å². The molecule has 0 radical (unpaired) electrons. The van der Waals surface area contributed by atoms with Gasteiger partial charge in [0.25, 0.3) is 0 Å². The van der Waals surface area contributed by atoms with Crippen LogP contribution < -0.4 is 9.80 Å². The molecule has 1 atom stereocenters. The normalized spacial score (nSPS) is 24.5. The lowest BCUT2D eigenvalue weighted by atomic mass is 10.1. The van der Waals surface area contributed by atoms with E-state index in [1.807, 2.05) is 9.58 Å². The van der Waals surface area contributed by atoms with Gasteiger partial charge in [-0.15, -0.1) is 5.10 Å². The SMILES string of the molecule is CCCC[C@@H](c1nnnn1Cc1ccccc1)[NH+]1CC[NH+](C2CCCC2)CC1. The van der Waals surface area contributed by atoms with Crippen LogP contribution in [0.1, 0.15) is 69.3 Å². The summed E-state index contributed by atoms with van der Waals surface area (Å²) in [6.45, 7) is 8.16. The van der Waals surface area contributed by atoms with Crippen LogP contribution in [-0.2, 0) is 6.54 Å². The molecule has 0 amide bonds. The Bertz CT molecular complexity index is 701. The number of nitrogens with zero attached hydrogens (tertiary/aromatic N) is 4. The molecule has 1 aliphatic heterocycles. The number of rotatable bonds is 8. The molecule has 2 aliphatic rings. The highest BCUT2D eigenvalue weighted by atomic mass is 15.6. The number of unbranched alkanes of at least 4 members (excludes halogenated alkanes) is 1. The summed E-state index contributed by atoms with van der Waals surface area (Å²) in [5.74, 6) is 1.08. The Hall–Kier alpha value is -1.79. The van der Waals surface area contributed by atoms with E-state index in [-0.39, 0.29) is 0 Å². The van der Waals surface area contributed by atoms with Gasteiger partial charge in [-0.2, -0.15) is 0 Å². The monoisotopic (exact) mass is 384 g/mol. The Morgan fingerprint density at radius 2 is 1.82 bits per heavy atom. The topological polar surface area (TPSA) is 52.5 Å². The third-order valence-corrected chi connectivity index (χ3v) is 6.85. The van der Waals surface area contributed by atoms with Crippen molar-refractivity contribution in [2.45, 2.75) is 70.5 Å². The number of hydrogen-bond acceptors (Lipinski definition) is 3. The minimum atomic E-state index is 0.420. The fourth-order valence-electron chi connectivity index (χ4n) is 5.24. The van der Waals surface area contributed by atoms with Crippen LogP contribution in [0.25, 0.3) is 0 Å². The zero-order valence-electron chi connectivity index (χ0n) is 17.3. The maximum absolute atomic E-state index is 4.51. The minimum Gasteiger partial charge on any atom is -0.323 e. The van der Waals surface area contributed by atoms with Crippen LogP contribution in [0.3, 0.4) is 0 Å². The number of quaternary nitrogens is 2. The van der Waals surface area contributed by atoms with Crippen molar-refractivity contribution in [3.8, 4) is 0 Å². The molecule has 152 valence electrons. The molecule has 1 saturated heterocycles. The predicted molar refractivity (Wildman–Crippen MR) is 109 cm³/mol. The molecule has 6 heteroatoms. The Labute approximate surface area is 168 Å². The quantitative estimate of drug-likeness (QED) is 0.704. The highest BCUT2D eigenvalue weighted by molar-refractivity contribution is 5.15. The Morgan fingerprint density at radius 1 is 1.07 bits per heavy atom. The molecular formula is C22H36N6+2. The number of hydrogen-bond donors (Lipinski definition) is 2. The molecule has 4 rings (SSSR count). The third-order valence-electron chi connectivity index (χ3n) is 6.85. The van der Waals surface area contributed by atoms with Gasteiger partial charge in [-0.25, -0.2) is 4.68 Å². The van der Waals surface area contributed by atoms with E-state index in [9.17, 15) is 0 Å². The maximum atomic E-state index is 4.51. The number of aromatic nitrogens is 4. The van der Waals surface area contributed by atoms with Crippen LogP contribution in [0.4, 0.5) is 0 Å². The first-order valence-electron chi connectivity index (χ1n) is 11.3. The molecule has 0 spiro atoms. The first-order valence-corrected chi connectivity index (χ1v) is 11.3. The molecule has 2 aromatic rings. The molecule has 2 heterocycles. The Kier molecular flexibility index (Phi) is 6.70. The van der Waals surface area contributed by atoms with Crippen LogP contribution in [0.15, 0.2) is 30.3 Å². The van der Waals surface area contributed by atoms with E-state index in [0.717, 1.165) is 18.4 Å². The Morgan fingerprint density at radius 3 is 2.54 bits per heavy atom. The highest BCUT2D eigenvalue weighted by Gasteiger charge is 2.36. The van der Waals surface area contributed by atoms with Gasteiger partial charge in [0.05, 0.1) is 12.6 Å². The average molecular weight is 385 g/mol. The second-order valence-electron chi connectivity index (χ2n) is 8.67. The third kappa shape index (κ3) is 4.61. The van der Waals surface area contributed by atoms with E-state index in [2.05, 4.69) is 52.8 Å². The van der Waals surface area contributed by atoms with Crippen molar-refractivity contribution in [1.29, 1.82) is 0 Å². The van der Waals surface area contributed by atoms with Gasteiger partial charge in [0.1, 0.15) is 32.2 Å². The van der Waals surface area contributed by atoms with Gasteiger partial charge in [0.2, 0.25) is 5.82 Å². The largest absolute Gasteiger partial charge is 0.323 e. The summed E-state index contributed by atoms with van der Waals surface area (Å²) in [7, 11) is 0. The number of nitrogens with one attached hydrogen (secondary N) is 2. The van der Waals surface area contributed by atoms with Gasteiger partial charge in [-0.1, -0.05) is 43.7 Å². The molecule has 1 aromatic heterocycles. The highest BCUT2D eigenvalue weighted by Crippen LogP contribution is 2.17. The summed E-state index contributed by atoms with van der Waals surface area (Å²) in [6, 6.07) is 11.9. The molecular weight excluding hydrogens is 348 g/mol. The summed E-state index contributed by atoms with van der Waals surface area (Å²) in [6.07, 6.45) is 9.42. The maximum Gasteiger partial charge on any atom is 0.209 e. The minimum absolute atomic E-state index is 0.420. The second kappa shape index (κ2) is 9.61. The van der Waals surface area contributed by atoms with Crippen LogP contribution >= 0.6 is 0 Å². The van der Waals surface area contributed by atoms with E-state index in [1.54, 1.807) is 4.90 Å². The van der Waals surface area contributed by atoms with Gasteiger partial charge in [0.15, 0.2) is 0 Å². The average Bonchev–Trinajstić information content (AvgIpc) is 3.42. The van der Waals surface area contributed by atoms with Crippen molar-refractivity contribution in [2.75, 3.05) is 26.2 Å². The standard InChI is InChI=1S/C22H34N6/c1-2-3-13-21(27-16-14-26(15-17-27)20-11-7-8-12-20)22-23-24-25-28(22)18-19-9-5-4-6-10-19/h4-6,9-10,20-21H,2-3,7-8,11-18H2,1H3/p+2/t21-/m0/s1. The van der Waals surface area contributed by atoms with E-state index in [1.165, 1.54) is 76.7 Å². The van der Waals surface area contributed by atoms with Gasteiger partial charge < -0.3 is 9.80 Å². The van der Waals surface area contributed by atoms with E-state index in [0.29, 0.717) is 6.04 Å². The smallest absolute Gasteiger partial charge is 0.209 e. The van der Waals surface area contributed by atoms with Gasteiger partial charge in [-0.3, -0.25) is 0 Å². The van der Waals surface area contributed by atoms with Crippen LogP contribution in [-0.4, -0.2) is 52.4 Å². The van der Waals surface area contributed by atoms with Gasteiger partial charge in [0, 0.05) is 6.42 Å². The molecule has 1 aliphatic carbocycles. The second-order valence-corrected chi connectivity index (χ2v) is 8.67. The molecule has 28 heavy (non-hydrogen) atoms. The number of tetrazole rings is 1. The van der Waals surface area contributed by atoms with E-state index >= 15 is 0 Å². The lowest BCUT2D eigenvalue weighted by Gasteiger charge is -2.36. The molecule has 1 aromatic carbocycles. The predicted octanol–water partition coefficient (Wildman–Crippen LogP) is 0.679. The molecule has 0 unspecified atom stereocenters. The summed E-state index contributed by atoms with van der Waals surface area (Å²) in [4.78, 5) is 3.55. The molecule has 0 bridgehead atoms. The lowest BCUT2D eigenvalue weighted by molar-refractivity contribution is -1.04. The van der Waals surface area contributed by atoms with Crippen molar-refractivity contribution >= 4 is 0 Å². The first-order chi connectivity index (χ1) is 13.8. The van der Waals surface area contributed by atoms with Crippen molar-refractivity contribution in [1.82, 2.24) is 20.2 Å². The van der Waals surface area contributed by atoms with Gasteiger partial charge >= 0.3 is 0 Å². The fourth-order valence-corrected chi connectivity index (χ4v) is 5.24. The van der Waals surface area contributed by atoms with Crippen molar-refractivity contribution < 1.29 is 9.80 Å². The molecule has 2 N–H and O–H groups in total. The van der Waals surface area contributed by atoms with Crippen LogP contribution in [0.5, 0.6) is 0 Å². The van der Waals surface area contributed by atoms with Crippen LogP contribution in [0.2, 0.25) is 0 Å². The van der Waals surface area contributed by atoms with Crippen molar-refractivity contribution in [2.24, 2.45) is 0 Å². The van der Waals surface area contributed by atoms with Crippen molar-refractivity contribution in [3.63, 3.8) is 0 Å². The summed E-state index contributed by atoms with van der Waals surface area (Å²) in [5.41, 5.74) is 1.26. The van der Waals surface area contributed by atoms with Crippen molar-refractivity contribution in [3.05, 3.63) is 41.7 Å². The zero-order chi connectivity index (χ0) is 19.2. The fraction of sp³-hybridized carbons (Fsp3) is 0.682. The molecule has 6 nitrogen and oxygen atoms in total. The number of piperazine rings is 1.